The Bertz CT molecular complexity index is 1010. The van der Waals surface area contributed by atoms with E-state index in [4.69, 9.17) is 4.74 Å². The summed E-state index contributed by atoms with van der Waals surface area (Å²) in [5.41, 5.74) is -0.0460. The van der Waals surface area contributed by atoms with E-state index in [9.17, 15) is 22.4 Å². The van der Waals surface area contributed by atoms with Crippen molar-refractivity contribution in [2.24, 2.45) is 0 Å². The summed E-state index contributed by atoms with van der Waals surface area (Å²) in [7, 11) is 0. The number of amides is 1. The maximum absolute atomic E-state index is 14.6. The molecule has 1 heterocycles. The molecule has 0 aliphatic heterocycles. The normalized spacial score (nSPS) is 11.1. The Kier molecular flexibility index (Phi) is 6.02. The molecule has 1 N–H and O–H groups in total. The summed E-state index contributed by atoms with van der Waals surface area (Å²) < 4.78 is 60.7. The quantitative estimate of drug-likeness (QED) is 0.469. The van der Waals surface area contributed by atoms with Gasteiger partial charge >= 0.3 is 6.36 Å². The zero-order valence-corrected chi connectivity index (χ0v) is 15.9. The van der Waals surface area contributed by atoms with Crippen LogP contribution in [-0.4, -0.2) is 17.3 Å². The zero-order valence-electron chi connectivity index (χ0n) is 14.3. The Morgan fingerprint density at radius 1 is 1.03 bits per heavy atom. The van der Waals surface area contributed by atoms with Crippen molar-refractivity contribution in [1.82, 2.24) is 4.98 Å². The Balaban J connectivity index is 1.86. The van der Waals surface area contributed by atoms with Crippen molar-refractivity contribution >= 4 is 27.5 Å². The number of nitrogens with zero attached hydrogens (tertiary/aromatic N) is 1. The van der Waals surface area contributed by atoms with Gasteiger partial charge in [-0.15, -0.1) is 13.2 Å². The van der Waals surface area contributed by atoms with E-state index < -0.39 is 23.8 Å². The molecule has 0 fully saturated rings. The molecule has 3 rings (SSSR count). The van der Waals surface area contributed by atoms with Gasteiger partial charge in [0.2, 0.25) is 0 Å². The lowest BCUT2D eigenvalue weighted by atomic mass is 10.1. The van der Waals surface area contributed by atoms with E-state index in [1.165, 1.54) is 36.7 Å². The van der Waals surface area contributed by atoms with Crippen LogP contribution in [0.4, 0.5) is 23.2 Å². The van der Waals surface area contributed by atoms with E-state index in [1.54, 1.807) is 12.1 Å². The highest BCUT2D eigenvalue weighted by atomic mass is 79.9. The lowest BCUT2D eigenvalue weighted by Gasteiger charge is -2.14. The molecule has 29 heavy (non-hydrogen) atoms. The molecule has 1 amide bonds. The van der Waals surface area contributed by atoms with Crippen LogP contribution in [0.15, 0.2) is 65.4 Å². The standard InChI is InChI=1S/C19H11BrF4N2O3/c20-14-7-8-15(28-12-3-5-13(6-4-12)29-19(22,23)24)16(17(14)21)18(27)26-11-2-1-9-25-10-11/h1-10H,(H,26,27). The molecule has 0 saturated carbocycles. The molecule has 1 aromatic heterocycles. The van der Waals surface area contributed by atoms with Crippen LogP contribution in [0.25, 0.3) is 0 Å². The number of pyridine rings is 1. The second-order valence-corrected chi connectivity index (χ2v) is 6.41. The maximum atomic E-state index is 14.6. The van der Waals surface area contributed by atoms with Crippen LogP contribution in [0.1, 0.15) is 10.4 Å². The van der Waals surface area contributed by atoms with Gasteiger partial charge in [-0.25, -0.2) is 4.39 Å². The molecule has 0 aliphatic carbocycles. The third kappa shape index (κ3) is 5.44. The number of aromatic nitrogens is 1. The van der Waals surface area contributed by atoms with Gasteiger partial charge in [0.1, 0.15) is 22.8 Å². The van der Waals surface area contributed by atoms with Crippen LogP contribution in [-0.2, 0) is 0 Å². The number of rotatable bonds is 5. The van der Waals surface area contributed by atoms with E-state index in [1.807, 2.05) is 0 Å². The van der Waals surface area contributed by atoms with Crippen LogP contribution in [0.2, 0.25) is 0 Å². The van der Waals surface area contributed by atoms with Gasteiger partial charge in [0, 0.05) is 6.20 Å². The van der Waals surface area contributed by atoms with Crippen molar-refractivity contribution in [3.05, 3.63) is 76.8 Å². The first-order valence-corrected chi connectivity index (χ1v) is 8.75. The van der Waals surface area contributed by atoms with Crippen molar-refractivity contribution in [2.45, 2.75) is 6.36 Å². The average molecular weight is 471 g/mol. The SMILES string of the molecule is O=C(Nc1cccnc1)c1c(Oc2ccc(OC(F)(F)F)cc2)ccc(Br)c1F. The van der Waals surface area contributed by atoms with Gasteiger partial charge in [0.15, 0.2) is 5.82 Å². The number of halogens is 5. The number of nitrogens with one attached hydrogen (secondary N) is 1. The molecule has 0 radical (unpaired) electrons. The number of carbonyl (C=O) groups is 1. The predicted molar refractivity (Wildman–Crippen MR) is 99.5 cm³/mol. The third-order valence-electron chi connectivity index (χ3n) is 3.49. The second-order valence-electron chi connectivity index (χ2n) is 5.55. The molecular formula is C19H11BrF4N2O3. The van der Waals surface area contributed by atoms with Crippen molar-refractivity contribution in [2.75, 3.05) is 5.32 Å². The van der Waals surface area contributed by atoms with E-state index >= 15 is 0 Å². The van der Waals surface area contributed by atoms with E-state index in [0.717, 1.165) is 12.1 Å². The number of ether oxygens (including phenoxy) is 2. The molecule has 3 aromatic rings. The first-order chi connectivity index (χ1) is 13.7. The molecule has 2 aromatic carbocycles. The molecule has 0 bridgehead atoms. The maximum Gasteiger partial charge on any atom is 0.573 e. The topological polar surface area (TPSA) is 60.5 Å². The first kappa shape index (κ1) is 20.6. The van der Waals surface area contributed by atoms with Gasteiger partial charge in [-0.05, 0) is 64.5 Å². The molecule has 150 valence electrons. The minimum atomic E-state index is -4.82. The fraction of sp³-hybridized carbons (Fsp3) is 0.0526. The molecule has 0 spiro atoms. The number of anilines is 1. The van der Waals surface area contributed by atoms with Gasteiger partial charge in [-0.3, -0.25) is 9.78 Å². The Labute approximate surface area is 170 Å². The fourth-order valence-corrected chi connectivity index (χ4v) is 2.63. The van der Waals surface area contributed by atoms with Crippen LogP contribution >= 0.6 is 15.9 Å². The zero-order chi connectivity index (χ0) is 21.0. The van der Waals surface area contributed by atoms with Crippen molar-refractivity contribution < 1.29 is 31.8 Å². The summed E-state index contributed by atoms with van der Waals surface area (Å²) in [4.78, 5) is 16.4. The minimum absolute atomic E-state index is 0.0371. The number of carbonyl (C=O) groups excluding carboxylic acids is 1. The smallest absolute Gasteiger partial charge is 0.456 e. The molecule has 0 atom stereocenters. The summed E-state index contributed by atoms with van der Waals surface area (Å²) >= 11 is 3.01. The minimum Gasteiger partial charge on any atom is -0.456 e. The molecular weight excluding hydrogens is 460 g/mol. The molecule has 5 nitrogen and oxygen atoms in total. The number of hydrogen-bond donors (Lipinski definition) is 1. The summed E-state index contributed by atoms with van der Waals surface area (Å²) in [6, 6.07) is 10.3. The van der Waals surface area contributed by atoms with Crippen LogP contribution in [0.5, 0.6) is 17.2 Å². The molecule has 0 unspecified atom stereocenters. The van der Waals surface area contributed by atoms with Crippen LogP contribution in [0, 0.1) is 5.82 Å². The Hall–Kier alpha value is -3.14. The van der Waals surface area contributed by atoms with E-state index in [0.29, 0.717) is 5.69 Å². The van der Waals surface area contributed by atoms with Crippen molar-refractivity contribution in [3.63, 3.8) is 0 Å². The summed E-state index contributed by atoms with van der Waals surface area (Å²) in [5, 5.41) is 2.50. The van der Waals surface area contributed by atoms with Gasteiger partial charge in [0.25, 0.3) is 5.91 Å². The number of benzene rings is 2. The van der Waals surface area contributed by atoms with Gasteiger partial charge in [-0.2, -0.15) is 0 Å². The third-order valence-corrected chi connectivity index (χ3v) is 4.10. The summed E-state index contributed by atoms with van der Waals surface area (Å²) in [6.07, 6.45) is -1.93. The Morgan fingerprint density at radius 2 is 1.72 bits per heavy atom. The van der Waals surface area contributed by atoms with E-state index in [-0.39, 0.29) is 21.5 Å². The average Bonchev–Trinajstić information content (AvgIpc) is 2.66. The molecule has 0 saturated heterocycles. The molecule has 10 heteroatoms. The first-order valence-electron chi connectivity index (χ1n) is 7.96. The predicted octanol–water partition coefficient (Wildman–Crippen LogP) is 5.93. The van der Waals surface area contributed by atoms with Crippen molar-refractivity contribution in [3.8, 4) is 17.2 Å². The van der Waals surface area contributed by atoms with Gasteiger partial charge in [0.05, 0.1) is 16.4 Å². The second kappa shape index (κ2) is 8.48. The highest BCUT2D eigenvalue weighted by Gasteiger charge is 2.31. The summed E-state index contributed by atoms with van der Waals surface area (Å²) in [5.74, 6) is -2.14. The highest BCUT2D eigenvalue weighted by Crippen LogP contribution is 2.33. The van der Waals surface area contributed by atoms with E-state index in [2.05, 4.69) is 31.0 Å². The lowest BCUT2D eigenvalue weighted by molar-refractivity contribution is -0.274. The lowest BCUT2D eigenvalue weighted by Crippen LogP contribution is -2.17. The van der Waals surface area contributed by atoms with Gasteiger partial charge < -0.3 is 14.8 Å². The van der Waals surface area contributed by atoms with Crippen molar-refractivity contribution in [1.29, 1.82) is 0 Å². The van der Waals surface area contributed by atoms with Gasteiger partial charge in [-0.1, -0.05) is 0 Å². The monoisotopic (exact) mass is 470 g/mol. The summed E-state index contributed by atoms with van der Waals surface area (Å²) in [6.45, 7) is 0. The fourth-order valence-electron chi connectivity index (χ4n) is 2.30. The number of hydrogen-bond acceptors (Lipinski definition) is 4. The highest BCUT2D eigenvalue weighted by molar-refractivity contribution is 9.10. The Morgan fingerprint density at radius 3 is 2.34 bits per heavy atom. The molecule has 0 aliphatic rings. The largest absolute Gasteiger partial charge is 0.573 e. The van der Waals surface area contributed by atoms with Crippen LogP contribution < -0.4 is 14.8 Å². The number of alkyl halides is 3. The van der Waals surface area contributed by atoms with Crippen LogP contribution in [0.3, 0.4) is 0 Å².